The zero-order valence-electron chi connectivity index (χ0n) is 7.05. The summed E-state index contributed by atoms with van der Waals surface area (Å²) in [5.74, 6) is 0. The van der Waals surface area contributed by atoms with Crippen molar-refractivity contribution < 1.29 is 0 Å². The van der Waals surface area contributed by atoms with E-state index in [0.717, 1.165) is 24.4 Å². The van der Waals surface area contributed by atoms with Crippen LogP contribution in [0, 0.1) is 0 Å². The van der Waals surface area contributed by atoms with Gasteiger partial charge in [0.05, 0.1) is 22.6 Å². The number of nitrogens with zero attached hydrogens (tertiary/aromatic N) is 1. The molecule has 0 aromatic carbocycles. The zero-order valence-corrected chi connectivity index (χ0v) is 7.80. The van der Waals surface area contributed by atoms with Crippen LogP contribution in [0.15, 0.2) is 18.3 Å². The van der Waals surface area contributed by atoms with Gasteiger partial charge in [-0.3, -0.25) is 4.98 Å². The van der Waals surface area contributed by atoms with Crippen molar-refractivity contribution in [3.8, 4) is 0 Å². The highest BCUT2D eigenvalue weighted by Gasteiger charge is 2.11. The molecule has 0 bridgehead atoms. The van der Waals surface area contributed by atoms with Crippen molar-refractivity contribution in [3.05, 3.63) is 29.1 Å². The Morgan fingerprint density at radius 1 is 1.54 bits per heavy atom. The lowest BCUT2D eigenvalue weighted by molar-refractivity contribution is 0.895. The van der Waals surface area contributed by atoms with E-state index in [1.165, 1.54) is 0 Å². The third-order valence-corrected chi connectivity index (χ3v) is 2.26. The molecule has 4 heteroatoms. The molecule has 0 saturated carbocycles. The van der Waals surface area contributed by atoms with Crippen LogP contribution in [0.3, 0.4) is 0 Å². The predicted molar refractivity (Wildman–Crippen MR) is 54.5 cm³/mol. The van der Waals surface area contributed by atoms with Crippen LogP contribution >= 0.6 is 11.6 Å². The number of nitrogen functional groups attached to an aromatic ring is 1. The van der Waals surface area contributed by atoms with Crippen molar-refractivity contribution in [1.29, 1.82) is 0 Å². The molecule has 68 valence electrons. The van der Waals surface area contributed by atoms with E-state index in [1.54, 1.807) is 12.3 Å². The van der Waals surface area contributed by atoms with Crippen LogP contribution in [0.25, 0.3) is 5.57 Å². The number of anilines is 1. The lowest BCUT2D eigenvalue weighted by atomic mass is 10.2. The summed E-state index contributed by atoms with van der Waals surface area (Å²) in [6, 6.07) is 1.73. The summed E-state index contributed by atoms with van der Waals surface area (Å²) < 4.78 is 0. The Labute approximate surface area is 81.6 Å². The van der Waals surface area contributed by atoms with Crippen molar-refractivity contribution in [2.24, 2.45) is 0 Å². The number of nitrogens with two attached hydrogens (primary N) is 1. The van der Waals surface area contributed by atoms with Crippen LogP contribution in [-0.2, 0) is 0 Å². The zero-order chi connectivity index (χ0) is 9.26. The van der Waals surface area contributed by atoms with Gasteiger partial charge in [0.15, 0.2) is 0 Å². The van der Waals surface area contributed by atoms with Gasteiger partial charge in [-0.05, 0) is 11.6 Å². The molecule has 3 N–H and O–H groups in total. The normalized spacial score (nSPS) is 15.9. The number of rotatable bonds is 1. The van der Waals surface area contributed by atoms with Gasteiger partial charge in [0.2, 0.25) is 0 Å². The third kappa shape index (κ3) is 1.66. The number of hydrogen-bond acceptors (Lipinski definition) is 3. The molecule has 0 atom stereocenters. The van der Waals surface area contributed by atoms with Gasteiger partial charge >= 0.3 is 0 Å². The lowest BCUT2D eigenvalue weighted by Gasteiger charge is -2.04. The van der Waals surface area contributed by atoms with Crippen molar-refractivity contribution in [2.45, 2.75) is 0 Å². The Morgan fingerprint density at radius 2 is 2.38 bits per heavy atom. The van der Waals surface area contributed by atoms with Gasteiger partial charge in [0.1, 0.15) is 0 Å². The average Bonchev–Trinajstić information content (AvgIpc) is 2.56. The first-order valence-corrected chi connectivity index (χ1v) is 4.46. The highest BCUT2D eigenvalue weighted by molar-refractivity contribution is 6.32. The second-order valence-corrected chi connectivity index (χ2v) is 3.37. The maximum absolute atomic E-state index is 6.00. The number of halogens is 1. The van der Waals surface area contributed by atoms with Crippen LogP contribution < -0.4 is 11.1 Å². The van der Waals surface area contributed by atoms with Crippen molar-refractivity contribution in [1.82, 2.24) is 10.3 Å². The fourth-order valence-corrected chi connectivity index (χ4v) is 1.64. The minimum atomic E-state index is 0.598. The lowest BCUT2D eigenvalue weighted by Crippen LogP contribution is -2.08. The summed E-state index contributed by atoms with van der Waals surface area (Å²) in [6.45, 7) is 1.72. The van der Waals surface area contributed by atoms with Crippen LogP contribution in [-0.4, -0.2) is 18.1 Å². The first-order valence-electron chi connectivity index (χ1n) is 4.08. The maximum Gasteiger partial charge on any atom is 0.0859 e. The summed E-state index contributed by atoms with van der Waals surface area (Å²) in [5, 5.41) is 3.81. The molecular formula is C9H10ClN3. The molecule has 0 unspecified atom stereocenters. The van der Waals surface area contributed by atoms with Gasteiger partial charge in [0.25, 0.3) is 0 Å². The number of pyridine rings is 1. The fraction of sp³-hybridized carbons (Fsp3) is 0.222. The largest absolute Gasteiger partial charge is 0.397 e. The SMILES string of the molecule is Nc1cnc(C2=CCNC2)c(Cl)c1. The minimum Gasteiger partial charge on any atom is -0.397 e. The quantitative estimate of drug-likeness (QED) is 0.711. The maximum atomic E-state index is 6.00. The van der Waals surface area contributed by atoms with Gasteiger partial charge in [-0.25, -0.2) is 0 Å². The molecule has 13 heavy (non-hydrogen) atoms. The Bertz CT molecular complexity index is 360. The van der Waals surface area contributed by atoms with E-state index >= 15 is 0 Å². The molecular weight excluding hydrogens is 186 g/mol. The van der Waals surface area contributed by atoms with E-state index in [9.17, 15) is 0 Å². The van der Waals surface area contributed by atoms with E-state index in [1.807, 2.05) is 0 Å². The topological polar surface area (TPSA) is 50.9 Å². The summed E-state index contributed by atoms with van der Waals surface area (Å²) in [6.07, 6.45) is 3.71. The van der Waals surface area contributed by atoms with Gasteiger partial charge < -0.3 is 11.1 Å². The first kappa shape index (κ1) is 8.53. The highest BCUT2D eigenvalue weighted by Crippen LogP contribution is 2.24. The summed E-state index contributed by atoms with van der Waals surface area (Å²) in [4.78, 5) is 4.19. The number of aromatic nitrogens is 1. The van der Waals surface area contributed by atoms with E-state index in [2.05, 4.69) is 16.4 Å². The van der Waals surface area contributed by atoms with Gasteiger partial charge in [-0.2, -0.15) is 0 Å². The molecule has 1 aromatic rings. The number of hydrogen-bond donors (Lipinski definition) is 2. The molecule has 0 spiro atoms. The second kappa shape index (κ2) is 3.36. The summed E-state index contributed by atoms with van der Waals surface area (Å²) >= 11 is 6.00. The van der Waals surface area contributed by atoms with Crippen LogP contribution in [0.4, 0.5) is 5.69 Å². The molecule has 1 aliphatic rings. The Kier molecular flexibility index (Phi) is 2.20. The first-order chi connectivity index (χ1) is 6.27. The van der Waals surface area contributed by atoms with Gasteiger partial charge in [0, 0.05) is 13.1 Å². The molecule has 1 aromatic heterocycles. The van der Waals surface area contributed by atoms with Crippen molar-refractivity contribution in [2.75, 3.05) is 18.8 Å². The third-order valence-electron chi connectivity index (χ3n) is 1.97. The molecule has 0 saturated heterocycles. The predicted octanol–water partition coefficient (Wildman–Crippen LogP) is 1.30. The molecule has 0 radical (unpaired) electrons. The summed E-state index contributed by atoms with van der Waals surface area (Å²) in [5.41, 5.74) is 8.12. The number of nitrogens with one attached hydrogen (secondary N) is 1. The van der Waals surface area contributed by atoms with Crippen LogP contribution in [0.2, 0.25) is 5.02 Å². The van der Waals surface area contributed by atoms with E-state index in [4.69, 9.17) is 17.3 Å². The Balaban J connectivity index is 2.40. The average molecular weight is 196 g/mol. The smallest absolute Gasteiger partial charge is 0.0859 e. The molecule has 0 aliphatic carbocycles. The van der Waals surface area contributed by atoms with Gasteiger partial charge in [-0.1, -0.05) is 17.7 Å². The monoisotopic (exact) mass is 195 g/mol. The molecule has 3 nitrogen and oxygen atoms in total. The van der Waals surface area contributed by atoms with E-state index < -0.39 is 0 Å². The van der Waals surface area contributed by atoms with Crippen LogP contribution in [0.5, 0.6) is 0 Å². The standard InChI is InChI=1S/C9H10ClN3/c10-8-3-7(11)5-13-9(8)6-1-2-12-4-6/h1,3,5,12H,2,4,11H2. The molecule has 0 fully saturated rings. The van der Waals surface area contributed by atoms with Crippen molar-refractivity contribution in [3.63, 3.8) is 0 Å². The molecule has 2 rings (SSSR count). The van der Waals surface area contributed by atoms with Crippen molar-refractivity contribution >= 4 is 22.9 Å². The molecule has 2 heterocycles. The van der Waals surface area contributed by atoms with Crippen LogP contribution in [0.1, 0.15) is 5.69 Å². The minimum absolute atomic E-state index is 0.598. The summed E-state index contributed by atoms with van der Waals surface area (Å²) in [7, 11) is 0. The second-order valence-electron chi connectivity index (χ2n) is 2.96. The van der Waals surface area contributed by atoms with Gasteiger partial charge in [-0.15, -0.1) is 0 Å². The fourth-order valence-electron chi connectivity index (χ4n) is 1.34. The Morgan fingerprint density at radius 3 is 3.00 bits per heavy atom. The van der Waals surface area contributed by atoms with E-state index in [0.29, 0.717) is 10.7 Å². The highest BCUT2D eigenvalue weighted by atomic mass is 35.5. The molecule has 1 aliphatic heterocycles. The Hall–Kier alpha value is -1.06. The molecule has 0 amide bonds. The van der Waals surface area contributed by atoms with E-state index in [-0.39, 0.29) is 0 Å².